The van der Waals surface area contributed by atoms with E-state index in [0.29, 0.717) is 17.8 Å². The van der Waals surface area contributed by atoms with Gasteiger partial charge in [0.1, 0.15) is 6.10 Å². The maximum atomic E-state index is 10.7. The summed E-state index contributed by atoms with van der Waals surface area (Å²) in [5.41, 5.74) is 0.397. The molecule has 0 heterocycles. The Morgan fingerprint density at radius 3 is 1.89 bits per heavy atom. The third kappa shape index (κ3) is 10.5. The van der Waals surface area contributed by atoms with Gasteiger partial charge in [0.05, 0.1) is 0 Å². The minimum atomic E-state index is -0.635. The summed E-state index contributed by atoms with van der Waals surface area (Å²) in [4.78, 5) is 21.3. The van der Waals surface area contributed by atoms with Crippen molar-refractivity contribution >= 4 is 11.9 Å². The second-order valence-corrected chi connectivity index (χ2v) is 10.1. The van der Waals surface area contributed by atoms with Gasteiger partial charge in [0, 0.05) is 13.3 Å². The Hall–Kier alpha value is -1.06. The number of carboxylic acid groups (broad SMARTS) is 1. The monoisotopic (exact) mass is 396 g/mol. The van der Waals surface area contributed by atoms with Gasteiger partial charge in [-0.15, -0.1) is 0 Å². The van der Waals surface area contributed by atoms with Crippen molar-refractivity contribution in [3.63, 3.8) is 0 Å². The zero-order chi connectivity index (χ0) is 21.2. The molecule has 4 heteroatoms. The van der Waals surface area contributed by atoms with Crippen molar-refractivity contribution in [1.82, 2.24) is 0 Å². The Bertz CT molecular complexity index is 450. The molecule has 2 rings (SSSR count). The van der Waals surface area contributed by atoms with Crippen LogP contribution in [0.2, 0.25) is 0 Å². The van der Waals surface area contributed by atoms with Gasteiger partial charge in [-0.25, -0.2) is 0 Å². The number of carboxylic acids is 1. The van der Waals surface area contributed by atoms with E-state index in [9.17, 15) is 9.59 Å². The summed E-state index contributed by atoms with van der Waals surface area (Å²) in [6.07, 6.45) is 13.9. The Kier molecular flexibility index (Phi) is 11.1. The number of rotatable bonds is 6. The first-order valence-corrected chi connectivity index (χ1v) is 11.5. The molecule has 0 saturated heterocycles. The summed E-state index contributed by atoms with van der Waals surface area (Å²) in [6, 6.07) is 0. The normalized spacial score (nSPS) is 28.0. The van der Waals surface area contributed by atoms with E-state index in [1.54, 1.807) is 0 Å². The van der Waals surface area contributed by atoms with E-state index in [-0.39, 0.29) is 12.1 Å². The van der Waals surface area contributed by atoms with Crippen LogP contribution in [-0.2, 0) is 14.3 Å². The molecule has 2 saturated carbocycles. The molecule has 0 atom stereocenters. The zero-order valence-electron chi connectivity index (χ0n) is 19.0. The van der Waals surface area contributed by atoms with Gasteiger partial charge in [-0.2, -0.15) is 0 Å². The van der Waals surface area contributed by atoms with Crippen molar-refractivity contribution < 1.29 is 19.4 Å². The molecule has 0 unspecified atom stereocenters. The highest BCUT2D eigenvalue weighted by Gasteiger charge is 2.30. The second-order valence-electron chi connectivity index (χ2n) is 10.1. The summed E-state index contributed by atoms with van der Waals surface area (Å²) < 4.78 is 5.21. The Morgan fingerprint density at radius 2 is 1.46 bits per heavy atom. The van der Waals surface area contributed by atoms with Gasteiger partial charge in [-0.1, -0.05) is 47.0 Å². The zero-order valence-corrected chi connectivity index (χ0v) is 19.0. The predicted molar refractivity (Wildman–Crippen MR) is 114 cm³/mol. The lowest BCUT2D eigenvalue weighted by atomic mass is 9.69. The molecule has 1 N–H and O–H groups in total. The first-order valence-electron chi connectivity index (χ1n) is 11.5. The molecular formula is C24H44O4. The largest absolute Gasteiger partial charge is 0.481 e. The SMILES string of the molecule is CC(C)(C)C1CCC(CC(=O)O)CC1.CCCCC1CCC(OC(C)=O)CC1. The van der Waals surface area contributed by atoms with Crippen molar-refractivity contribution in [3.8, 4) is 0 Å². The topological polar surface area (TPSA) is 63.6 Å². The van der Waals surface area contributed by atoms with Crippen LogP contribution in [0.4, 0.5) is 0 Å². The predicted octanol–water partition coefficient (Wildman–Crippen LogP) is 6.61. The van der Waals surface area contributed by atoms with Crippen LogP contribution in [0, 0.1) is 23.2 Å². The molecule has 0 bridgehead atoms. The molecule has 0 aromatic heterocycles. The summed E-state index contributed by atoms with van der Waals surface area (Å²) >= 11 is 0. The fraction of sp³-hybridized carbons (Fsp3) is 0.917. The lowest BCUT2D eigenvalue weighted by Crippen LogP contribution is -2.26. The standard InChI is InChI=1S/2C12H22O2/c1-12(2,3)10-6-4-9(5-7-10)8-11(13)14;1-3-4-5-11-6-8-12(9-7-11)14-10(2)13/h9-10H,4-8H2,1-3H3,(H,13,14);11-12H,3-9H2,1-2H3. The van der Waals surface area contributed by atoms with Gasteiger partial charge in [0.25, 0.3) is 0 Å². The molecule has 0 spiro atoms. The van der Waals surface area contributed by atoms with Crippen molar-refractivity contribution in [2.45, 2.75) is 118 Å². The third-order valence-corrected chi connectivity index (χ3v) is 6.63. The molecule has 0 aromatic rings. The van der Waals surface area contributed by atoms with E-state index in [0.717, 1.165) is 37.5 Å². The molecule has 2 aliphatic rings. The second kappa shape index (κ2) is 12.5. The average molecular weight is 397 g/mol. The number of ether oxygens (including phenoxy) is 1. The van der Waals surface area contributed by atoms with Crippen LogP contribution in [0.5, 0.6) is 0 Å². The maximum Gasteiger partial charge on any atom is 0.303 e. The van der Waals surface area contributed by atoms with E-state index in [2.05, 4.69) is 27.7 Å². The van der Waals surface area contributed by atoms with Gasteiger partial charge < -0.3 is 9.84 Å². The van der Waals surface area contributed by atoms with E-state index in [4.69, 9.17) is 9.84 Å². The van der Waals surface area contributed by atoms with Gasteiger partial charge in [-0.3, -0.25) is 9.59 Å². The quantitative estimate of drug-likeness (QED) is 0.513. The van der Waals surface area contributed by atoms with Crippen molar-refractivity contribution in [3.05, 3.63) is 0 Å². The molecule has 164 valence electrons. The minimum Gasteiger partial charge on any atom is -0.481 e. The summed E-state index contributed by atoms with van der Waals surface area (Å²) in [7, 11) is 0. The van der Waals surface area contributed by atoms with Crippen LogP contribution in [0.25, 0.3) is 0 Å². The highest BCUT2D eigenvalue weighted by Crippen LogP contribution is 2.40. The van der Waals surface area contributed by atoms with Crippen LogP contribution >= 0.6 is 0 Å². The van der Waals surface area contributed by atoms with Crippen molar-refractivity contribution in [2.24, 2.45) is 23.2 Å². The first-order chi connectivity index (χ1) is 13.1. The number of aliphatic carboxylic acids is 1. The molecular weight excluding hydrogens is 352 g/mol. The lowest BCUT2D eigenvalue weighted by molar-refractivity contribution is -0.148. The smallest absolute Gasteiger partial charge is 0.303 e. The number of carbonyl (C=O) groups is 2. The summed E-state index contributed by atoms with van der Waals surface area (Å²) in [5.74, 6) is 1.35. The Labute approximate surface area is 172 Å². The third-order valence-electron chi connectivity index (χ3n) is 6.63. The van der Waals surface area contributed by atoms with Gasteiger partial charge in [0.2, 0.25) is 0 Å². The molecule has 0 aromatic carbocycles. The molecule has 2 fully saturated rings. The number of unbranched alkanes of at least 4 members (excludes halogenated alkanes) is 1. The van der Waals surface area contributed by atoms with E-state index >= 15 is 0 Å². The fourth-order valence-corrected chi connectivity index (χ4v) is 4.75. The first kappa shape index (κ1) is 25.0. The van der Waals surface area contributed by atoms with E-state index in [1.807, 2.05) is 0 Å². The molecule has 4 nitrogen and oxygen atoms in total. The van der Waals surface area contributed by atoms with E-state index in [1.165, 1.54) is 51.9 Å². The van der Waals surface area contributed by atoms with Crippen molar-refractivity contribution in [1.29, 1.82) is 0 Å². The van der Waals surface area contributed by atoms with Gasteiger partial charge >= 0.3 is 11.9 Å². The molecule has 0 radical (unpaired) electrons. The number of hydrogen-bond acceptors (Lipinski definition) is 3. The highest BCUT2D eigenvalue weighted by molar-refractivity contribution is 5.67. The highest BCUT2D eigenvalue weighted by atomic mass is 16.5. The molecule has 28 heavy (non-hydrogen) atoms. The number of esters is 1. The Balaban J connectivity index is 0.000000280. The fourth-order valence-electron chi connectivity index (χ4n) is 4.75. The van der Waals surface area contributed by atoms with Crippen LogP contribution in [0.15, 0.2) is 0 Å². The van der Waals surface area contributed by atoms with Gasteiger partial charge in [-0.05, 0) is 74.5 Å². The summed E-state index contributed by atoms with van der Waals surface area (Å²) in [5, 5.41) is 8.69. The van der Waals surface area contributed by atoms with Gasteiger partial charge in [0.15, 0.2) is 0 Å². The maximum absolute atomic E-state index is 10.7. The molecule has 0 amide bonds. The molecule has 0 aliphatic heterocycles. The lowest BCUT2D eigenvalue weighted by Gasteiger charge is -2.36. The Morgan fingerprint density at radius 1 is 0.929 bits per heavy atom. The van der Waals surface area contributed by atoms with Crippen molar-refractivity contribution in [2.75, 3.05) is 0 Å². The van der Waals surface area contributed by atoms with Crippen LogP contribution in [0.3, 0.4) is 0 Å². The number of carbonyl (C=O) groups excluding carboxylic acids is 1. The van der Waals surface area contributed by atoms with E-state index < -0.39 is 5.97 Å². The minimum absolute atomic E-state index is 0.123. The van der Waals surface area contributed by atoms with Crippen LogP contribution in [0.1, 0.15) is 112 Å². The molecule has 2 aliphatic carbocycles. The summed E-state index contributed by atoms with van der Waals surface area (Å²) in [6.45, 7) is 10.6. The number of hydrogen-bond donors (Lipinski definition) is 1. The average Bonchev–Trinajstić information content (AvgIpc) is 2.60. The van der Waals surface area contributed by atoms with Crippen LogP contribution in [-0.4, -0.2) is 23.1 Å². The van der Waals surface area contributed by atoms with Crippen LogP contribution < -0.4 is 0 Å².